The van der Waals surface area contributed by atoms with E-state index in [2.05, 4.69) is 5.32 Å². The van der Waals surface area contributed by atoms with E-state index in [9.17, 15) is 18.0 Å². The van der Waals surface area contributed by atoms with Crippen LogP contribution in [-0.4, -0.2) is 50.4 Å². The van der Waals surface area contributed by atoms with Gasteiger partial charge in [-0.15, -0.1) is 0 Å². The highest BCUT2D eigenvalue weighted by Crippen LogP contribution is 2.21. The number of rotatable bonds is 5. The Balaban J connectivity index is 3.20. The molecule has 0 aliphatic rings. The largest absolute Gasteiger partial charge is 0.478 e. The Kier molecular flexibility index (Phi) is 4.92. The first-order chi connectivity index (χ1) is 9.54. The van der Waals surface area contributed by atoms with Gasteiger partial charge in [0.2, 0.25) is 15.9 Å². The number of nitrogens with zero attached hydrogens (tertiary/aromatic N) is 1. The molecule has 0 aromatic heterocycles. The molecule has 1 unspecified atom stereocenters. The van der Waals surface area contributed by atoms with E-state index in [1.807, 2.05) is 0 Å². The van der Waals surface area contributed by atoms with Crippen molar-refractivity contribution >= 4 is 27.6 Å². The Morgan fingerprint density at radius 3 is 2.33 bits per heavy atom. The minimum absolute atomic E-state index is 0.137. The van der Waals surface area contributed by atoms with Crippen molar-refractivity contribution in [3.05, 3.63) is 23.8 Å². The van der Waals surface area contributed by atoms with E-state index in [1.54, 1.807) is 21.0 Å². The van der Waals surface area contributed by atoms with E-state index in [0.29, 0.717) is 0 Å². The fourth-order valence-corrected chi connectivity index (χ4v) is 2.23. The molecule has 0 radical (unpaired) electrons. The van der Waals surface area contributed by atoms with Gasteiger partial charge in [0.25, 0.3) is 0 Å². The first-order valence-corrected chi connectivity index (χ1v) is 7.46. The summed E-state index contributed by atoms with van der Waals surface area (Å²) in [6.45, 7) is 1.57. The summed E-state index contributed by atoms with van der Waals surface area (Å²) in [4.78, 5) is 24.0. The Labute approximate surface area is 122 Å². The summed E-state index contributed by atoms with van der Waals surface area (Å²) in [7, 11) is -0.856. The van der Waals surface area contributed by atoms with Gasteiger partial charge in [-0.2, -0.15) is 0 Å². The molecule has 0 saturated heterocycles. The highest BCUT2D eigenvalue weighted by molar-refractivity contribution is 7.89. The van der Waals surface area contributed by atoms with Crippen LogP contribution in [-0.2, 0) is 14.8 Å². The van der Waals surface area contributed by atoms with Crippen LogP contribution in [0.25, 0.3) is 0 Å². The van der Waals surface area contributed by atoms with E-state index in [-0.39, 0.29) is 22.1 Å². The second kappa shape index (κ2) is 6.10. The summed E-state index contributed by atoms with van der Waals surface area (Å²) in [6.07, 6.45) is 0. The minimum Gasteiger partial charge on any atom is -0.478 e. The highest BCUT2D eigenvalue weighted by atomic mass is 32.2. The summed E-state index contributed by atoms with van der Waals surface area (Å²) >= 11 is 0. The van der Waals surface area contributed by atoms with Crippen LogP contribution >= 0.6 is 0 Å². The molecule has 21 heavy (non-hydrogen) atoms. The molecule has 4 N–H and O–H groups in total. The molecule has 0 bridgehead atoms. The van der Waals surface area contributed by atoms with E-state index in [0.717, 1.165) is 6.07 Å². The van der Waals surface area contributed by atoms with Crippen molar-refractivity contribution in [1.29, 1.82) is 0 Å². The van der Waals surface area contributed by atoms with Crippen molar-refractivity contribution in [3.8, 4) is 0 Å². The molecule has 9 heteroatoms. The Morgan fingerprint density at radius 1 is 1.33 bits per heavy atom. The van der Waals surface area contributed by atoms with E-state index in [1.165, 1.54) is 17.0 Å². The number of carboxylic acids is 1. The lowest BCUT2D eigenvalue weighted by molar-refractivity contribution is -0.129. The summed E-state index contributed by atoms with van der Waals surface area (Å²) in [5.74, 6) is -1.57. The fourth-order valence-electron chi connectivity index (χ4n) is 1.69. The molecule has 1 rings (SSSR count). The van der Waals surface area contributed by atoms with Gasteiger partial charge in [-0.1, -0.05) is 0 Å². The zero-order valence-electron chi connectivity index (χ0n) is 11.8. The van der Waals surface area contributed by atoms with Crippen molar-refractivity contribution in [2.45, 2.75) is 17.9 Å². The summed E-state index contributed by atoms with van der Waals surface area (Å²) < 4.78 is 22.5. The van der Waals surface area contributed by atoms with Crippen molar-refractivity contribution in [3.63, 3.8) is 0 Å². The van der Waals surface area contributed by atoms with Gasteiger partial charge in [-0.3, -0.25) is 4.79 Å². The maximum atomic E-state index is 11.8. The van der Waals surface area contributed by atoms with Crippen molar-refractivity contribution in [2.75, 3.05) is 19.4 Å². The Morgan fingerprint density at radius 2 is 1.90 bits per heavy atom. The topological polar surface area (TPSA) is 130 Å². The molecule has 116 valence electrons. The number of nitrogens with two attached hydrogens (primary N) is 1. The number of nitrogens with one attached hydrogen (secondary N) is 1. The van der Waals surface area contributed by atoms with Gasteiger partial charge in [-0.25, -0.2) is 18.4 Å². The zero-order chi connectivity index (χ0) is 16.4. The van der Waals surface area contributed by atoms with Crippen LogP contribution in [0.3, 0.4) is 0 Å². The third-order valence-corrected chi connectivity index (χ3v) is 3.64. The standard InChI is InChI=1S/C12H17N3O5S/c1-7(11(16)15(2)3)14-10-5-4-8(21(13,19)20)6-9(10)12(17)18/h4-7,14H,1-3H3,(H,17,18)(H2,13,19,20). The van der Waals surface area contributed by atoms with E-state index in [4.69, 9.17) is 10.2 Å². The monoisotopic (exact) mass is 315 g/mol. The number of hydrogen-bond donors (Lipinski definition) is 3. The van der Waals surface area contributed by atoms with Gasteiger partial charge < -0.3 is 15.3 Å². The van der Waals surface area contributed by atoms with Crippen molar-refractivity contribution in [2.24, 2.45) is 5.14 Å². The second-order valence-corrected chi connectivity index (χ2v) is 6.22. The number of carboxylic acid groups (broad SMARTS) is 1. The van der Waals surface area contributed by atoms with Gasteiger partial charge in [0, 0.05) is 19.8 Å². The zero-order valence-corrected chi connectivity index (χ0v) is 12.6. The van der Waals surface area contributed by atoms with Crippen LogP contribution in [0.1, 0.15) is 17.3 Å². The number of sulfonamides is 1. The van der Waals surface area contributed by atoms with Crippen LogP contribution in [0.2, 0.25) is 0 Å². The van der Waals surface area contributed by atoms with Crippen molar-refractivity contribution in [1.82, 2.24) is 4.90 Å². The number of carbonyl (C=O) groups excluding carboxylic acids is 1. The second-order valence-electron chi connectivity index (χ2n) is 4.66. The van der Waals surface area contributed by atoms with Gasteiger partial charge >= 0.3 is 5.97 Å². The Bertz CT molecular complexity index is 669. The average molecular weight is 315 g/mol. The lowest BCUT2D eigenvalue weighted by Gasteiger charge is -2.20. The maximum absolute atomic E-state index is 11.8. The smallest absolute Gasteiger partial charge is 0.337 e. The first-order valence-electron chi connectivity index (χ1n) is 5.92. The number of primary sulfonamides is 1. The molecule has 0 aliphatic heterocycles. The number of benzene rings is 1. The van der Waals surface area contributed by atoms with Gasteiger partial charge in [0.15, 0.2) is 0 Å². The Hall–Kier alpha value is -2.13. The molecular weight excluding hydrogens is 298 g/mol. The van der Waals surface area contributed by atoms with E-state index >= 15 is 0 Å². The molecule has 0 heterocycles. The number of likely N-dealkylation sites (N-methyl/N-ethyl adjacent to an activating group) is 1. The average Bonchev–Trinajstić information content (AvgIpc) is 2.36. The van der Waals surface area contributed by atoms with Crippen LogP contribution in [0, 0.1) is 0 Å². The molecule has 1 amide bonds. The van der Waals surface area contributed by atoms with Gasteiger partial charge in [0.05, 0.1) is 10.5 Å². The number of anilines is 1. The predicted molar refractivity (Wildman–Crippen MR) is 76.6 cm³/mol. The number of aromatic carboxylic acids is 1. The highest BCUT2D eigenvalue weighted by Gasteiger charge is 2.20. The van der Waals surface area contributed by atoms with Gasteiger partial charge in [-0.05, 0) is 25.1 Å². The molecule has 1 atom stereocenters. The summed E-state index contributed by atoms with van der Waals surface area (Å²) in [6, 6.07) is 2.73. The number of carbonyl (C=O) groups is 2. The third-order valence-electron chi connectivity index (χ3n) is 2.73. The molecular formula is C12H17N3O5S. The molecule has 0 spiro atoms. The molecule has 0 aliphatic carbocycles. The van der Waals surface area contributed by atoms with Crippen LogP contribution < -0.4 is 10.5 Å². The molecule has 8 nitrogen and oxygen atoms in total. The van der Waals surface area contributed by atoms with Crippen molar-refractivity contribution < 1.29 is 23.1 Å². The first kappa shape index (κ1) is 16.9. The molecule has 0 saturated carbocycles. The molecule has 1 aromatic carbocycles. The van der Waals surface area contributed by atoms with Crippen LogP contribution in [0.15, 0.2) is 23.1 Å². The number of hydrogen-bond acceptors (Lipinski definition) is 5. The minimum atomic E-state index is -4.00. The van der Waals surface area contributed by atoms with Crippen LogP contribution in [0.4, 0.5) is 5.69 Å². The third kappa shape index (κ3) is 4.17. The predicted octanol–water partition coefficient (Wildman–Crippen LogP) is -0.0792. The van der Waals surface area contributed by atoms with Gasteiger partial charge in [0.1, 0.15) is 6.04 Å². The van der Waals surface area contributed by atoms with E-state index < -0.39 is 22.0 Å². The van der Waals surface area contributed by atoms with Crippen LogP contribution in [0.5, 0.6) is 0 Å². The molecule has 1 aromatic rings. The normalized spacial score (nSPS) is 12.6. The quantitative estimate of drug-likeness (QED) is 0.697. The fraction of sp³-hybridized carbons (Fsp3) is 0.333. The molecule has 0 fully saturated rings. The lowest BCUT2D eigenvalue weighted by atomic mass is 10.1. The lowest BCUT2D eigenvalue weighted by Crippen LogP contribution is -2.37. The SMILES string of the molecule is CC(Nc1ccc(S(N)(=O)=O)cc1C(=O)O)C(=O)N(C)C. The number of amides is 1. The summed E-state index contributed by atoms with van der Waals surface area (Å²) in [5, 5.41) is 16.9. The maximum Gasteiger partial charge on any atom is 0.337 e. The summed E-state index contributed by atoms with van der Waals surface area (Å²) in [5.41, 5.74) is -0.141.